The standard InChI is InChI=1S/C19H14FO2/c20-16-6-8-18(9-7-16)22-19-12-10-17(11-13-19)21-14-15-4-2-1-3-5-15/h1-12H,14H2. The smallest absolute Gasteiger partial charge is 0.135 e. The van der Waals surface area contributed by atoms with Gasteiger partial charge in [0.2, 0.25) is 0 Å². The third-order valence-electron chi connectivity index (χ3n) is 3.05. The monoisotopic (exact) mass is 293 g/mol. The zero-order chi connectivity index (χ0) is 15.2. The maximum atomic E-state index is 12.8. The van der Waals surface area contributed by atoms with Crippen molar-refractivity contribution in [1.82, 2.24) is 0 Å². The molecule has 0 saturated carbocycles. The lowest BCUT2D eigenvalue weighted by Gasteiger charge is -2.08. The van der Waals surface area contributed by atoms with Crippen molar-refractivity contribution >= 4 is 0 Å². The van der Waals surface area contributed by atoms with Gasteiger partial charge in [0, 0.05) is 6.07 Å². The molecule has 0 unspecified atom stereocenters. The minimum Gasteiger partial charge on any atom is -0.489 e. The minimum absolute atomic E-state index is 0.291. The van der Waals surface area contributed by atoms with Crippen molar-refractivity contribution < 1.29 is 13.9 Å². The zero-order valence-corrected chi connectivity index (χ0v) is 11.8. The molecule has 0 amide bonds. The Morgan fingerprint density at radius 2 is 1.55 bits per heavy atom. The highest BCUT2D eigenvalue weighted by molar-refractivity contribution is 5.34. The Bertz CT molecular complexity index is 707. The van der Waals surface area contributed by atoms with E-state index in [9.17, 15) is 4.39 Å². The normalized spacial score (nSPS) is 10.2. The molecule has 109 valence electrons. The van der Waals surface area contributed by atoms with Crippen LogP contribution in [0.15, 0.2) is 72.8 Å². The second-order valence-electron chi connectivity index (χ2n) is 4.72. The Morgan fingerprint density at radius 1 is 0.818 bits per heavy atom. The molecule has 0 fully saturated rings. The summed E-state index contributed by atoms with van der Waals surface area (Å²) in [5, 5.41) is 0. The molecule has 22 heavy (non-hydrogen) atoms. The molecule has 3 rings (SSSR count). The van der Waals surface area contributed by atoms with Crippen LogP contribution in [-0.4, -0.2) is 0 Å². The Labute approximate surface area is 128 Å². The van der Waals surface area contributed by atoms with E-state index in [4.69, 9.17) is 9.47 Å². The molecule has 0 aliphatic heterocycles. The molecule has 0 spiro atoms. The first-order valence-corrected chi connectivity index (χ1v) is 6.91. The summed E-state index contributed by atoms with van der Waals surface area (Å²) in [6.45, 7) is 0.507. The molecule has 1 radical (unpaired) electrons. The third-order valence-corrected chi connectivity index (χ3v) is 3.05. The second-order valence-corrected chi connectivity index (χ2v) is 4.72. The summed E-state index contributed by atoms with van der Waals surface area (Å²) >= 11 is 0. The Morgan fingerprint density at radius 3 is 2.23 bits per heavy atom. The summed E-state index contributed by atoms with van der Waals surface area (Å²) in [6, 6.07) is 24.1. The van der Waals surface area contributed by atoms with Gasteiger partial charge in [0.25, 0.3) is 0 Å². The van der Waals surface area contributed by atoms with Crippen LogP contribution < -0.4 is 9.47 Å². The van der Waals surface area contributed by atoms with Crippen molar-refractivity contribution in [2.75, 3.05) is 0 Å². The van der Waals surface area contributed by atoms with Gasteiger partial charge in [0.15, 0.2) is 0 Å². The molecule has 2 nitrogen and oxygen atoms in total. The number of hydrogen-bond donors (Lipinski definition) is 0. The zero-order valence-electron chi connectivity index (χ0n) is 11.8. The van der Waals surface area contributed by atoms with E-state index in [1.165, 1.54) is 12.1 Å². The van der Waals surface area contributed by atoms with Crippen LogP contribution in [0.2, 0.25) is 0 Å². The number of ether oxygens (including phenoxy) is 2. The van der Waals surface area contributed by atoms with Crippen LogP contribution in [0.3, 0.4) is 0 Å². The van der Waals surface area contributed by atoms with Crippen molar-refractivity contribution in [2.45, 2.75) is 6.61 Å². The van der Waals surface area contributed by atoms with Gasteiger partial charge in [-0.2, -0.15) is 0 Å². The second kappa shape index (κ2) is 6.76. The van der Waals surface area contributed by atoms with E-state index in [1.807, 2.05) is 36.4 Å². The van der Waals surface area contributed by atoms with E-state index >= 15 is 0 Å². The van der Waals surface area contributed by atoms with Crippen molar-refractivity contribution in [2.24, 2.45) is 0 Å². The fourth-order valence-corrected chi connectivity index (χ4v) is 1.92. The van der Waals surface area contributed by atoms with Gasteiger partial charge in [0.1, 0.15) is 29.7 Å². The molecule has 0 heterocycles. The third kappa shape index (κ3) is 3.85. The molecule has 3 heteroatoms. The molecule has 3 aromatic rings. The van der Waals surface area contributed by atoms with Crippen molar-refractivity contribution in [1.29, 1.82) is 0 Å². The van der Waals surface area contributed by atoms with Crippen LogP contribution in [0.4, 0.5) is 4.39 Å². The van der Waals surface area contributed by atoms with Gasteiger partial charge in [0.05, 0.1) is 0 Å². The first-order chi connectivity index (χ1) is 10.8. The Balaban J connectivity index is 1.59. The molecular formula is C19H14FO2. The van der Waals surface area contributed by atoms with Crippen molar-refractivity contribution in [3.8, 4) is 17.2 Å². The maximum Gasteiger partial charge on any atom is 0.135 e. The van der Waals surface area contributed by atoms with Crippen LogP contribution in [0.25, 0.3) is 0 Å². The van der Waals surface area contributed by atoms with E-state index < -0.39 is 0 Å². The molecule has 0 aliphatic carbocycles. The lowest BCUT2D eigenvalue weighted by molar-refractivity contribution is 0.305. The largest absolute Gasteiger partial charge is 0.489 e. The summed E-state index contributed by atoms with van der Waals surface area (Å²) in [5.41, 5.74) is 1.11. The van der Waals surface area contributed by atoms with E-state index in [-0.39, 0.29) is 5.82 Å². The van der Waals surface area contributed by atoms with E-state index in [0.29, 0.717) is 18.1 Å². The van der Waals surface area contributed by atoms with Gasteiger partial charge in [-0.05, 0) is 48.0 Å². The molecule has 0 aromatic heterocycles. The molecule has 0 bridgehead atoms. The summed E-state index contributed by atoms with van der Waals surface area (Å²) in [6.07, 6.45) is 0. The predicted molar refractivity (Wildman–Crippen MR) is 82.5 cm³/mol. The fourth-order valence-electron chi connectivity index (χ4n) is 1.92. The predicted octanol–water partition coefficient (Wildman–Crippen LogP) is 5.00. The van der Waals surface area contributed by atoms with Gasteiger partial charge in [-0.15, -0.1) is 0 Å². The Kier molecular flexibility index (Phi) is 4.35. The summed E-state index contributed by atoms with van der Waals surface area (Å²) in [5.74, 6) is 1.55. The molecule has 0 saturated heterocycles. The van der Waals surface area contributed by atoms with Gasteiger partial charge < -0.3 is 9.47 Å². The quantitative estimate of drug-likeness (QED) is 0.659. The Hall–Kier alpha value is -2.81. The molecule has 0 atom stereocenters. The molecule has 0 aliphatic rings. The van der Waals surface area contributed by atoms with Crippen LogP contribution >= 0.6 is 0 Å². The highest BCUT2D eigenvalue weighted by Gasteiger charge is 2.00. The molecular weight excluding hydrogens is 279 g/mol. The van der Waals surface area contributed by atoms with Crippen molar-refractivity contribution in [3.63, 3.8) is 0 Å². The topological polar surface area (TPSA) is 18.5 Å². The summed E-state index contributed by atoms with van der Waals surface area (Å²) in [4.78, 5) is 0. The minimum atomic E-state index is -0.291. The van der Waals surface area contributed by atoms with Crippen molar-refractivity contribution in [3.05, 3.63) is 90.2 Å². The SMILES string of the molecule is Fc1ccc(Oc2[c]cc(OCc3ccccc3)cc2)cc1. The lowest BCUT2D eigenvalue weighted by atomic mass is 10.2. The first kappa shape index (κ1) is 14.1. The number of hydrogen-bond acceptors (Lipinski definition) is 2. The number of rotatable bonds is 5. The van der Waals surface area contributed by atoms with Crippen LogP contribution in [0.1, 0.15) is 5.56 Å². The van der Waals surface area contributed by atoms with Gasteiger partial charge in [-0.1, -0.05) is 30.3 Å². The average Bonchev–Trinajstić information content (AvgIpc) is 2.57. The highest BCUT2D eigenvalue weighted by Crippen LogP contribution is 2.23. The number of benzene rings is 3. The molecule has 0 N–H and O–H groups in total. The maximum absolute atomic E-state index is 12.8. The van der Waals surface area contributed by atoms with Gasteiger partial charge >= 0.3 is 0 Å². The van der Waals surface area contributed by atoms with Gasteiger partial charge in [-0.25, -0.2) is 4.39 Å². The molecule has 3 aromatic carbocycles. The van der Waals surface area contributed by atoms with E-state index in [1.54, 1.807) is 24.3 Å². The summed E-state index contributed by atoms with van der Waals surface area (Å²) in [7, 11) is 0. The fraction of sp³-hybridized carbons (Fsp3) is 0.0526. The van der Waals surface area contributed by atoms with Crippen LogP contribution in [0, 0.1) is 11.9 Å². The van der Waals surface area contributed by atoms with Crippen LogP contribution in [-0.2, 0) is 6.61 Å². The first-order valence-electron chi connectivity index (χ1n) is 6.91. The lowest BCUT2D eigenvalue weighted by Crippen LogP contribution is -1.94. The highest BCUT2D eigenvalue weighted by atomic mass is 19.1. The number of halogens is 1. The average molecular weight is 293 g/mol. The van der Waals surface area contributed by atoms with E-state index in [2.05, 4.69) is 6.07 Å². The van der Waals surface area contributed by atoms with Crippen LogP contribution in [0.5, 0.6) is 17.2 Å². The summed E-state index contributed by atoms with van der Waals surface area (Å²) < 4.78 is 24.1. The van der Waals surface area contributed by atoms with Gasteiger partial charge in [-0.3, -0.25) is 0 Å². The van der Waals surface area contributed by atoms with E-state index in [0.717, 1.165) is 11.3 Å².